The molecular weight excluding hydrogens is 352 g/mol. The topological polar surface area (TPSA) is 46.2 Å². The predicted molar refractivity (Wildman–Crippen MR) is 89.3 cm³/mol. The summed E-state index contributed by atoms with van der Waals surface area (Å²) in [6, 6.07) is 14.2. The third-order valence-corrected chi connectivity index (χ3v) is 5.79. The highest BCUT2D eigenvalue weighted by atomic mass is 32.2. The van der Waals surface area contributed by atoms with Gasteiger partial charge in [0.1, 0.15) is 16.5 Å². The van der Waals surface area contributed by atoms with Crippen LogP contribution >= 0.6 is 11.3 Å². The van der Waals surface area contributed by atoms with Crippen molar-refractivity contribution in [3.63, 3.8) is 0 Å². The molecule has 0 fully saturated rings. The van der Waals surface area contributed by atoms with Gasteiger partial charge in [-0.15, -0.1) is 11.3 Å². The van der Waals surface area contributed by atoms with Crippen LogP contribution in [-0.2, 0) is 10.0 Å². The average molecular weight is 365 g/mol. The molecule has 3 rings (SSSR count). The van der Waals surface area contributed by atoms with Crippen molar-refractivity contribution in [1.82, 2.24) is 4.72 Å². The van der Waals surface area contributed by atoms with Crippen LogP contribution in [0.15, 0.2) is 70.9 Å². The Morgan fingerprint density at radius 2 is 1.71 bits per heavy atom. The molecule has 24 heavy (non-hydrogen) atoms. The van der Waals surface area contributed by atoms with Crippen LogP contribution in [0.25, 0.3) is 0 Å². The third-order valence-electron chi connectivity index (χ3n) is 3.42. The van der Waals surface area contributed by atoms with Crippen LogP contribution in [0.1, 0.15) is 16.5 Å². The van der Waals surface area contributed by atoms with Gasteiger partial charge in [0.15, 0.2) is 0 Å². The van der Waals surface area contributed by atoms with Crippen molar-refractivity contribution in [2.45, 2.75) is 10.9 Å². The van der Waals surface area contributed by atoms with E-state index < -0.39 is 32.6 Å². The zero-order valence-corrected chi connectivity index (χ0v) is 14.0. The van der Waals surface area contributed by atoms with Gasteiger partial charge in [-0.1, -0.05) is 36.4 Å². The lowest BCUT2D eigenvalue weighted by atomic mass is 10.1. The lowest BCUT2D eigenvalue weighted by Gasteiger charge is -2.18. The van der Waals surface area contributed by atoms with Gasteiger partial charge in [-0.2, -0.15) is 4.72 Å². The van der Waals surface area contributed by atoms with E-state index in [2.05, 4.69) is 4.72 Å². The Morgan fingerprint density at radius 3 is 2.38 bits per heavy atom. The van der Waals surface area contributed by atoms with Crippen LogP contribution in [0.3, 0.4) is 0 Å². The van der Waals surface area contributed by atoms with Crippen LogP contribution in [0.4, 0.5) is 8.78 Å². The Bertz CT molecular complexity index is 926. The fourth-order valence-electron chi connectivity index (χ4n) is 2.29. The van der Waals surface area contributed by atoms with Crippen molar-refractivity contribution in [2.75, 3.05) is 0 Å². The number of sulfonamides is 1. The summed E-state index contributed by atoms with van der Waals surface area (Å²) in [6.45, 7) is 0. The maximum absolute atomic E-state index is 13.9. The molecule has 1 heterocycles. The molecule has 0 amide bonds. The molecule has 0 saturated carbocycles. The van der Waals surface area contributed by atoms with Crippen molar-refractivity contribution in [2.24, 2.45) is 0 Å². The second kappa shape index (κ2) is 6.80. The lowest BCUT2D eigenvalue weighted by Crippen LogP contribution is -2.29. The van der Waals surface area contributed by atoms with Crippen molar-refractivity contribution in [3.05, 3.63) is 88.1 Å². The van der Waals surface area contributed by atoms with Gasteiger partial charge in [-0.3, -0.25) is 0 Å². The van der Waals surface area contributed by atoms with E-state index >= 15 is 0 Å². The number of hydrogen-bond acceptors (Lipinski definition) is 3. The molecule has 0 aliphatic rings. The first-order valence-electron chi connectivity index (χ1n) is 7.03. The standard InChI is InChI=1S/C17H13F2NO2S2/c18-13-8-9-14(19)16(11-13)24(21,22)20-17(15-7-4-10-23-15)12-5-2-1-3-6-12/h1-11,17,20H/t17-/m1/s1. The SMILES string of the molecule is O=S(=O)(N[C@H](c1ccccc1)c1cccs1)c1cc(F)ccc1F. The number of nitrogens with one attached hydrogen (secondary N) is 1. The summed E-state index contributed by atoms with van der Waals surface area (Å²) in [5.74, 6) is -1.81. The second-order valence-electron chi connectivity index (χ2n) is 5.06. The summed E-state index contributed by atoms with van der Waals surface area (Å²) in [5.41, 5.74) is 0.709. The van der Waals surface area contributed by atoms with E-state index in [-0.39, 0.29) is 0 Å². The molecule has 0 aliphatic heterocycles. The Morgan fingerprint density at radius 1 is 0.958 bits per heavy atom. The second-order valence-corrected chi connectivity index (χ2v) is 7.72. The van der Waals surface area contributed by atoms with E-state index in [0.717, 1.165) is 17.0 Å². The third kappa shape index (κ3) is 3.53. The summed E-state index contributed by atoms with van der Waals surface area (Å²) in [7, 11) is -4.25. The Hall–Kier alpha value is -2.09. The first-order valence-corrected chi connectivity index (χ1v) is 9.39. The monoisotopic (exact) mass is 365 g/mol. The van der Waals surface area contributed by atoms with Gasteiger partial charge in [0.25, 0.3) is 0 Å². The molecule has 0 radical (unpaired) electrons. The molecule has 0 bridgehead atoms. The molecule has 0 spiro atoms. The lowest BCUT2D eigenvalue weighted by molar-refractivity contribution is 0.541. The van der Waals surface area contributed by atoms with Gasteiger partial charge in [-0.05, 0) is 35.2 Å². The maximum atomic E-state index is 13.9. The van der Waals surface area contributed by atoms with E-state index in [9.17, 15) is 17.2 Å². The average Bonchev–Trinajstić information content (AvgIpc) is 3.10. The van der Waals surface area contributed by atoms with Crippen LogP contribution < -0.4 is 4.72 Å². The first-order chi connectivity index (χ1) is 11.5. The minimum atomic E-state index is -4.25. The van der Waals surface area contributed by atoms with Crippen LogP contribution in [-0.4, -0.2) is 8.42 Å². The zero-order chi connectivity index (χ0) is 17.2. The fraction of sp³-hybridized carbons (Fsp3) is 0.0588. The number of hydrogen-bond donors (Lipinski definition) is 1. The van der Waals surface area contributed by atoms with Gasteiger partial charge >= 0.3 is 0 Å². The maximum Gasteiger partial charge on any atom is 0.244 e. The zero-order valence-electron chi connectivity index (χ0n) is 12.3. The van der Waals surface area contributed by atoms with Crippen LogP contribution in [0, 0.1) is 11.6 Å². The highest BCUT2D eigenvalue weighted by Gasteiger charge is 2.26. The minimum Gasteiger partial charge on any atom is -0.207 e. The fourth-order valence-corrected chi connectivity index (χ4v) is 4.46. The van der Waals surface area contributed by atoms with Crippen molar-refractivity contribution < 1.29 is 17.2 Å². The molecule has 1 atom stereocenters. The summed E-state index contributed by atoms with van der Waals surface area (Å²) in [4.78, 5) is 0.0431. The van der Waals surface area contributed by atoms with Crippen molar-refractivity contribution in [1.29, 1.82) is 0 Å². The van der Waals surface area contributed by atoms with Crippen molar-refractivity contribution in [3.8, 4) is 0 Å². The van der Waals surface area contributed by atoms with Crippen molar-refractivity contribution >= 4 is 21.4 Å². The first kappa shape index (κ1) is 16.8. The smallest absolute Gasteiger partial charge is 0.207 e. The number of rotatable bonds is 5. The van der Waals surface area contributed by atoms with Gasteiger partial charge < -0.3 is 0 Å². The number of halogens is 2. The van der Waals surface area contributed by atoms with E-state index in [1.54, 1.807) is 36.4 Å². The number of benzene rings is 2. The summed E-state index contributed by atoms with van der Waals surface area (Å²) in [5, 5.41) is 1.82. The molecule has 2 aromatic carbocycles. The van der Waals surface area contributed by atoms with Gasteiger partial charge in [0.05, 0.1) is 6.04 Å². The normalized spacial score (nSPS) is 12.9. The highest BCUT2D eigenvalue weighted by molar-refractivity contribution is 7.89. The Balaban J connectivity index is 2.03. The van der Waals surface area contributed by atoms with E-state index in [4.69, 9.17) is 0 Å². The molecule has 0 saturated heterocycles. The summed E-state index contributed by atoms with van der Waals surface area (Å²) >= 11 is 1.37. The molecular formula is C17H13F2NO2S2. The van der Waals surface area contributed by atoms with Gasteiger partial charge in [-0.25, -0.2) is 17.2 Å². The van der Waals surface area contributed by atoms with Gasteiger partial charge in [0.2, 0.25) is 10.0 Å². The summed E-state index contributed by atoms with van der Waals surface area (Å²) < 4.78 is 54.8. The largest absolute Gasteiger partial charge is 0.244 e. The molecule has 3 nitrogen and oxygen atoms in total. The van der Waals surface area contributed by atoms with E-state index in [1.807, 2.05) is 11.4 Å². The molecule has 0 aliphatic carbocycles. The van der Waals surface area contributed by atoms with E-state index in [0.29, 0.717) is 11.6 Å². The molecule has 3 aromatic rings. The molecule has 124 valence electrons. The Labute approximate surface area is 142 Å². The highest BCUT2D eigenvalue weighted by Crippen LogP contribution is 2.28. The minimum absolute atomic E-state index is 0.675. The Kier molecular flexibility index (Phi) is 4.75. The molecule has 0 unspecified atom stereocenters. The van der Waals surface area contributed by atoms with Crippen LogP contribution in [0.2, 0.25) is 0 Å². The van der Waals surface area contributed by atoms with Crippen LogP contribution in [0.5, 0.6) is 0 Å². The molecule has 1 N–H and O–H groups in total. The number of thiophene rings is 1. The van der Waals surface area contributed by atoms with E-state index in [1.165, 1.54) is 11.3 Å². The van der Waals surface area contributed by atoms with Gasteiger partial charge in [0, 0.05) is 4.88 Å². The molecule has 7 heteroatoms. The quantitative estimate of drug-likeness (QED) is 0.740. The molecule has 1 aromatic heterocycles. The summed E-state index contributed by atoms with van der Waals surface area (Å²) in [6.07, 6.45) is 0. The predicted octanol–water partition coefficient (Wildman–Crippen LogP) is 4.09.